The summed E-state index contributed by atoms with van der Waals surface area (Å²) in [7, 11) is -3.61. The van der Waals surface area contributed by atoms with Gasteiger partial charge in [-0.25, -0.2) is 8.42 Å². The first-order chi connectivity index (χ1) is 9.73. The molecule has 0 unspecified atom stereocenters. The summed E-state index contributed by atoms with van der Waals surface area (Å²) in [6, 6.07) is 4.19. The van der Waals surface area contributed by atoms with Gasteiger partial charge in [-0.2, -0.15) is 4.31 Å². The zero-order chi connectivity index (χ0) is 16.2. The SMILES string of the molecule is CCN(CC)S(=O)(=O)c1ccc(Cl)c(NC(=O)[C@H](C)Cl)c1. The Balaban J connectivity index is 3.21. The number of sulfonamides is 1. The van der Waals surface area contributed by atoms with Crippen LogP contribution in [-0.4, -0.2) is 37.1 Å². The molecule has 0 aliphatic heterocycles. The third kappa shape index (κ3) is 4.32. The molecule has 1 rings (SSSR count). The summed E-state index contributed by atoms with van der Waals surface area (Å²) in [6.45, 7) is 5.76. The first-order valence-electron chi connectivity index (χ1n) is 6.48. The van der Waals surface area contributed by atoms with E-state index in [4.69, 9.17) is 23.2 Å². The Kier molecular flexibility index (Phi) is 6.46. The van der Waals surface area contributed by atoms with Crippen molar-refractivity contribution < 1.29 is 13.2 Å². The van der Waals surface area contributed by atoms with E-state index in [1.807, 2.05) is 0 Å². The lowest BCUT2D eigenvalue weighted by molar-refractivity contribution is -0.115. The number of carbonyl (C=O) groups excluding carboxylic acids is 1. The minimum absolute atomic E-state index is 0.0770. The number of anilines is 1. The fourth-order valence-electron chi connectivity index (χ4n) is 1.71. The van der Waals surface area contributed by atoms with Gasteiger partial charge in [-0.1, -0.05) is 25.4 Å². The number of rotatable bonds is 6. The molecular weight excluding hydrogens is 335 g/mol. The van der Waals surface area contributed by atoms with Crippen LogP contribution in [0.3, 0.4) is 0 Å². The van der Waals surface area contributed by atoms with E-state index in [1.54, 1.807) is 13.8 Å². The number of nitrogens with one attached hydrogen (secondary N) is 1. The van der Waals surface area contributed by atoms with Crippen LogP contribution in [-0.2, 0) is 14.8 Å². The minimum atomic E-state index is -3.61. The molecule has 0 saturated carbocycles. The number of hydrogen-bond acceptors (Lipinski definition) is 3. The van der Waals surface area contributed by atoms with Crippen molar-refractivity contribution in [2.45, 2.75) is 31.0 Å². The third-order valence-electron chi connectivity index (χ3n) is 2.90. The second-order valence-corrected chi connectivity index (χ2v) is 7.34. The van der Waals surface area contributed by atoms with Gasteiger partial charge in [0.15, 0.2) is 0 Å². The van der Waals surface area contributed by atoms with Crippen LogP contribution in [0.25, 0.3) is 0 Å². The van der Waals surface area contributed by atoms with Crippen molar-refractivity contribution in [1.82, 2.24) is 4.31 Å². The summed E-state index contributed by atoms with van der Waals surface area (Å²) in [5.74, 6) is -0.448. The lowest BCUT2D eigenvalue weighted by atomic mass is 10.3. The summed E-state index contributed by atoms with van der Waals surface area (Å²) in [6.07, 6.45) is 0. The van der Waals surface area contributed by atoms with Gasteiger partial charge in [-0.3, -0.25) is 4.79 Å². The molecule has 0 fully saturated rings. The Labute approximate surface area is 135 Å². The van der Waals surface area contributed by atoms with Gasteiger partial charge in [-0.15, -0.1) is 11.6 Å². The number of carbonyl (C=O) groups is 1. The molecular formula is C13H18Cl2N2O3S. The molecule has 21 heavy (non-hydrogen) atoms. The minimum Gasteiger partial charge on any atom is -0.323 e. The molecule has 0 radical (unpaired) electrons. The van der Waals surface area contributed by atoms with Crippen LogP contribution in [0.1, 0.15) is 20.8 Å². The molecule has 0 heterocycles. The Hall–Kier alpha value is -0.820. The number of halogens is 2. The zero-order valence-electron chi connectivity index (χ0n) is 12.1. The largest absolute Gasteiger partial charge is 0.323 e. The van der Waals surface area contributed by atoms with E-state index >= 15 is 0 Å². The van der Waals surface area contributed by atoms with Crippen LogP contribution in [0.5, 0.6) is 0 Å². The fourth-order valence-corrected chi connectivity index (χ4v) is 3.41. The standard InChI is InChI=1S/C13H18Cl2N2O3S/c1-4-17(5-2)21(19,20)10-6-7-11(15)12(8-10)16-13(18)9(3)14/h6-9H,4-5H2,1-3H3,(H,16,18)/t9-/m0/s1. The highest BCUT2D eigenvalue weighted by molar-refractivity contribution is 7.89. The van der Waals surface area contributed by atoms with Crippen molar-refractivity contribution in [3.8, 4) is 0 Å². The van der Waals surface area contributed by atoms with E-state index in [0.29, 0.717) is 13.1 Å². The molecule has 118 valence electrons. The number of amides is 1. The van der Waals surface area contributed by atoms with Crippen LogP contribution >= 0.6 is 23.2 Å². The van der Waals surface area contributed by atoms with Gasteiger partial charge in [0.25, 0.3) is 0 Å². The van der Waals surface area contributed by atoms with Crippen LogP contribution in [0, 0.1) is 0 Å². The van der Waals surface area contributed by atoms with Crippen molar-refractivity contribution in [2.24, 2.45) is 0 Å². The highest BCUT2D eigenvalue weighted by atomic mass is 35.5. The lowest BCUT2D eigenvalue weighted by Crippen LogP contribution is -2.30. The molecule has 1 atom stereocenters. The fraction of sp³-hybridized carbons (Fsp3) is 0.462. The number of nitrogens with zero attached hydrogens (tertiary/aromatic N) is 1. The molecule has 1 aromatic rings. The highest BCUT2D eigenvalue weighted by Gasteiger charge is 2.23. The summed E-state index contributed by atoms with van der Waals surface area (Å²) in [5.41, 5.74) is 0.224. The molecule has 8 heteroatoms. The summed E-state index contributed by atoms with van der Waals surface area (Å²) < 4.78 is 26.2. The third-order valence-corrected chi connectivity index (χ3v) is 5.47. The molecule has 0 aliphatic rings. The molecule has 0 bridgehead atoms. The molecule has 1 amide bonds. The molecule has 0 aliphatic carbocycles. The van der Waals surface area contributed by atoms with Crippen LogP contribution < -0.4 is 5.32 Å². The van der Waals surface area contributed by atoms with Gasteiger partial charge in [0, 0.05) is 13.1 Å². The second kappa shape index (κ2) is 7.45. The normalized spacial score (nSPS) is 13.2. The molecule has 1 N–H and O–H groups in total. The van der Waals surface area contributed by atoms with Crippen LogP contribution in [0.4, 0.5) is 5.69 Å². The number of hydrogen-bond donors (Lipinski definition) is 1. The summed E-state index contributed by atoms with van der Waals surface area (Å²) in [4.78, 5) is 11.7. The number of benzene rings is 1. The average Bonchev–Trinajstić information content (AvgIpc) is 2.41. The van der Waals surface area contributed by atoms with Gasteiger partial charge in [0.1, 0.15) is 5.38 Å². The van der Waals surface area contributed by atoms with Crippen LogP contribution in [0.15, 0.2) is 23.1 Å². The summed E-state index contributed by atoms with van der Waals surface area (Å²) >= 11 is 11.7. The molecule has 1 aromatic carbocycles. The quantitative estimate of drug-likeness (QED) is 0.800. The van der Waals surface area contributed by atoms with Gasteiger partial charge in [0.2, 0.25) is 15.9 Å². The first kappa shape index (κ1) is 18.2. The Morgan fingerprint density at radius 1 is 1.33 bits per heavy atom. The van der Waals surface area contributed by atoms with Gasteiger partial charge < -0.3 is 5.32 Å². The maximum absolute atomic E-state index is 12.4. The Morgan fingerprint density at radius 2 is 1.90 bits per heavy atom. The molecule has 0 saturated heterocycles. The zero-order valence-corrected chi connectivity index (χ0v) is 14.4. The molecule has 5 nitrogen and oxygen atoms in total. The van der Waals surface area contributed by atoms with Crippen molar-refractivity contribution in [1.29, 1.82) is 0 Å². The highest BCUT2D eigenvalue weighted by Crippen LogP contribution is 2.27. The second-order valence-electron chi connectivity index (χ2n) is 4.34. The van der Waals surface area contributed by atoms with Gasteiger partial charge in [0.05, 0.1) is 15.6 Å². The van der Waals surface area contributed by atoms with Crippen molar-refractivity contribution in [3.05, 3.63) is 23.2 Å². The van der Waals surface area contributed by atoms with Crippen molar-refractivity contribution in [3.63, 3.8) is 0 Å². The smallest absolute Gasteiger partial charge is 0.243 e. The van der Waals surface area contributed by atoms with E-state index in [9.17, 15) is 13.2 Å². The average molecular weight is 353 g/mol. The number of alkyl halides is 1. The predicted molar refractivity (Wildman–Crippen MR) is 85.5 cm³/mol. The van der Waals surface area contributed by atoms with E-state index in [2.05, 4.69) is 5.32 Å². The van der Waals surface area contributed by atoms with Crippen molar-refractivity contribution >= 4 is 44.8 Å². The molecule has 0 spiro atoms. The lowest BCUT2D eigenvalue weighted by Gasteiger charge is -2.19. The Bertz CT molecular complexity index is 614. The van der Waals surface area contributed by atoms with E-state index in [-0.39, 0.29) is 15.6 Å². The topological polar surface area (TPSA) is 66.5 Å². The monoisotopic (exact) mass is 352 g/mol. The van der Waals surface area contributed by atoms with E-state index in [1.165, 1.54) is 29.4 Å². The first-order valence-corrected chi connectivity index (χ1v) is 8.74. The maximum Gasteiger partial charge on any atom is 0.243 e. The molecule has 0 aromatic heterocycles. The van der Waals surface area contributed by atoms with Crippen LogP contribution in [0.2, 0.25) is 5.02 Å². The maximum atomic E-state index is 12.4. The predicted octanol–water partition coefficient (Wildman–Crippen LogP) is 2.94. The summed E-state index contributed by atoms with van der Waals surface area (Å²) in [5, 5.41) is 2.01. The van der Waals surface area contributed by atoms with Gasteiger partial charge in [-0.05, 0) is 25.1 Å². The van der Waals surface area contributed by atoms with Gasteiger partial charge >= 0.3 is 0 Å². The van der Waals surface area contributed by atoms with Crippen molar-refractivity contribution in [2.75, 3.05) is 18.4 Å². The van der Waals surface area contributed by atoms with E-state index < -0.39 is 21.3 Å². The van der Waals surface area contributed by atoms with E-state index in [0.717, 1.165) is 0 Å². The Morgan fingerprint density at radius 3 is 2.38 bits per heavy atom.